The molecule has 6 heteroatoms. The number of hydrogen-bond acceptors (Lipinski definition) is 4. The first-order valence-electron chi connectivity index (χ1n) is 7.41. The highest BCUT2D eigenvalue weighted by Gasteiger charge is 2.29. The summed E-state index contributed by atoms with van der Waals surface area (Å²) in [5.41, 5.74) is 0.838. The molecule has 1 aliphatic heterocycles. The van der Waals surface area contributed by atoms with E-state index in [1.807, 2.05) is 0 Å². The summed E-state index contributed by atoms with van der Waals surface area (Å²) < 4.78 is 1.66. The summed E-state index contributed by atoms with van der Waals surface area (Å²) >= 11 is 0. The first-order valence-corrected chi connectivity index (χ1v) is 7.41. The van der Waals surface area contributed by atoms with Gasteiger partial charge in [0.2, 0.25) is 0 Å². The average molecular weight is 288 g/mol. The van der Waals surface area contributed by atoms with E-state index in [1.165, 1.54) is 12.8 Å². The molecule has 1 atom stereocenters. The fraction of sp³-hybridized carbons (Fsp3) is 0.533. The second-order valence-electron chi connectivity index (χ2n) is 5.84. The van der Waals surface area contributed by atoms with E-state index in [9.17, 15) is 4.79 Å². The first kappa shape index (κ1) is 14.0. The first-order chi connectivity index (χ1) is 10.1. The predicted octanol–water partition coefficient (Wildman–Crippen LogP) is 2.36. The van der Waals surface area contributed by atoms with Crippen LogP contribution in [-0.2, 0) is 0 Å². The Morgan fingerprint density at radius 3 is 2.95 bits per heavy atom. The summed E-state index contributed by atoms with van der Waals surface area (Å²) in [6, 6.07) is 3.81. The molecule has 0 radical (unpaired) electrons. The SMILES string of the molecule is CC(C)N1CCCCC1c1nc2cc(C(=O)O)ccn2n1. The van der Waals surface area contributed by atoms with Crippen molar-refractivity contribution in [3.05, 3.63) is 29.7 Å². The molecule has 2 aromatic rings. The molecule has 2 aromatic heterocycles. The van der Waals surface area contributed by atoms with Gasteiger partial charge in [0.25, 0.3) is 0 Å². The zero-order valence-electron chi connectivity index (χ0n) is 12.4. The molecular weight excluding hydrogens is 268 g/mol. The minimum absolute atomic E-state index is 0.229. The Balaban J connectivity index is 1.97. The van der Waals surface area contributed by atoms with Crippen molar-refractivity contribution < 1.29 is 9.90 Å². The van der Waals surface area contributed by atoms with Gasteiger partial charge in [0, 0.05) is 12.2 Å². The van der Waals surface area contributed by atoms with Crippen molar-refractivity contribution in [2.75, 3.05) is 6.54 Å². The maximum Gasteiger partial charge on any atom is 0.335 e. The van der Waals surface area contributed by atoms with Crippen molar-refractivity contribution in [2.24, 2.45) is 0 Å². The van der Waals surface area contributed by atoms with Crippen molar-refractivity contribution in [2.45, 2.75) is 45.2 Å². The largest absolute Gasteiger partial charge is 0.478 e. The predicted molar refractivity (Wildman–Crippen MR) is 78.4 cm³/mol. The number of aromatic carboxylic acids is 1. The Morgan fingerprint density at radius 1 is 1.43 bits per heavy atom. The van der Waals surface area contributed by atoms with Crippen LogP contribution in [0.25, 0.3) is 5.65 Å². The van der Waals surface area contributed by atoms with E-state index in [2.05, 4.69) is 28.8 Å². The van der Waals surface area contributed by atoms with Gasteiger partial charge in [0.1, 0.15) is 0 Å². The molecule has 112 valence electrons. The van der Waals surface area contributed by atoms with Gasteiger partial charge in [-0.05, 0) is 45.4 Å². The molecule has 1 N–H and O–H groups in total. The van der Waals surface area contributed by atoms with Crippen molar-refractivity contribution in [3.63, 3.8) is 0 Å². The third-order valence-corrected chi connectivity index (χ3v) is 4.11. The zero-order valence-corrected chi connectivity index (χ0v) is 12.4. The molecule has 0 saturated carbocycles. The van der Waals surface area contributed by atoms with Gasteiger partial charge in [-0.3, -0.25) is 4.90 Å². The normalized spacial score (nSPS) is 20.2. The van der Waals surface area contributed by atoms with Crippen LogP contribution < -0.4 is 0 Å². The lowest BCUT2D eigenvalue weighted by Gasteiger charge is -2.36. The highest BCUT2D eigenvalue weighted by molar-refractivity contribution is 5.88. The van der Waals surface area contributed by atoms with Crippen LogP contribution in [0.15, 0.2) is 18.3 Å². The number of piperidine rings is 1. The van der Waals surface area contributed by atoms with Gasteiger partial charge < -0.3 is 5.11 Å². The molecular formula is C15H20N4O2. The quantitative estimate of drug-likeness (QED) is 0.938. The van der Waals surface area contributed by atoms with Gasteiger partial charge in [0.15, 0.2) is 11.5 Å². The summed E-state index contributed by atoms with van der Waals surface area (Å²) in [5, 5.41) is 13.6. The molecule has 1 aliphatic rings. The van der Waals surface area contributed by atoms with Gasteiger partial charge in [-0.25, -0.2) is 14.3 Å². The summed E-state index contributed by atoms with van der Waals surface area (Å²) in [5.74, 6) is -0.144. The van der Waals surface area contributed by atoms with E-state index in [4.69, 9.17) is 5.11 Å². The molecule has 0 spiro atoms. The number of hydrogen-bond donors (Lipinski definition) is 1. The summed E-state index contributed by atoms with van der Waals surface area (Å²) in [4.78, 5) is 18.0. The molecule has 6 nitrogen and oxygen atoms in total. The second-order valence-corrected chi connectivity index (χ2v) is 5.84. The van der Waals surface area contributed by atoms with E-state index in [0.29, 0.717) is 11.7 Å². The molecule has 0 bridgehead atoms. The number of likely N-dealkylation sites (tertiary alicyclic amines) is 1. The summed E-state index contributed by atoms with van der Waals surface area (Å²) in [7, 11) is 0. The van der Waals surface area contributed by atoms with Gasteiger partial charge in [-0.2, -0.15) is 0 Å². The van der Waals surface area contributed by atoms with E-state index in [1.54, 1.807) is 22.8 Å². The van der Waals surface area contributed by atoms with E-state index in [0.717, 1.165) is 18.8 Å². The number of carbonyl (C=O) groups is 1. The van der Waals surface area contributed by atoms with Crippen molar-refractivity contribution in [3.8, 4) is 0 Å². The van der Waals surface area contributed by atoms with Crippen LogP contribution in [0.3, 0.4) is 0 Å². The van der Waals surface area contributed by atoms with Crippen LogP contribution in [0.1, 0.15) is 55.3 Å². The number of carboxylic acid groups (broad SMARTS) is 1. The molecule has 1 fully saturated rings. The molecule has 0 aromatic carbocycles. The Kier molecular flexibility index (Phi) is 3.63. The molecule has 1 unspecified atom stereocenters. The Morgan fingerprint density at radius 2 is 2.24 bits per heavy atom. The fourth-order valence-corrected chi connectivity index (χ4v) is 3.02. The fourth-order valence-electron chi connectivity index (χ4n) is 3.02. The molecule has 0 amide bonds. The van der Waals surface area contributed by atoms with E-state index in [-0.39, 0.29) is 11.6 Å². The molecule has 3 heterocycles. The van der Waals surface area contributed by atoms with Crippen molar-refractivity contribution in [1.82, 2.24) is 19.5 Å². The third-order valence-electron chi connectivity index (χ3n) is 4.11. The van der Waals surface area contributed by atoms with Crippen LogP contribution in [-0.4, -0.2) is 43.2 Å². The Bertz CT molecular complexity index is 665. The zero-order chi connectivity index (χ0) is 15.0. The monoisotopic (exact) mass is 288 g/mol. The topological polar surface area (TPSA) is 70.7 Å². The molecule has 21 heavy (non-hydrogen) atoms. The molecule has 1 saturated heterocycles. The summed E-state index contributed by atoms with van der Waals surface area (Å²) in [6.07, 6.45) is 5.12. The highest BCUT2D eigenvalue weighted by Crippen LogP contribution is 2.30. The van der Waals surface area contributed by atoms with Crippen LogP contribution in [0.4, 0.5) is 0 Å². The van der Waals surface area contributed by atoms with Gasteiger partial charge in [-0.15, -0.1) is 5.10 Å². The van der Waals surface area contributed by atoms with E-state index < -0.39 is 5.97 Å². The molecule has 0 aliphatic carbocycles. The van der Waals surface area contributed by atoms with Gasteiger partial charge >= 0.3 is 5.97 Å². The highest BCUT2D eigenvalue weighted by atomic mass is 16.4. The third kappa shape index (κ3) is 2.63. The number of aromatic nitrogens is 3. The lowest BCUT2D eigenvalue weighted by atomic mass is 10.00. The van der Waals surface area contributed by atoms with Gasteiger partial charge in [0.05, 0.1) is 11.6 Å². The van der Waals surface area contributed by atoms with Crippen LogP contribution in [0.5, 0.6) is 0 Å². The lowest BCUT2D eigenvalue weighted by molar-refractivity contribution is 0.0697. The standard InChI is InChI=1S/C15H20N4O2/c1-10(2)18-7-4-3-5-12(18)14-16-13-9-11(15(20)21)6-8-19(13)17-14/h6,8-10,12H,3-5,7H2,1-2H3,(H,20,21). The Hall–Kier alpha value is -1.95. The average Bonchev–Trinajstić information content (AvgIpc) is 2.89. The van der Waals surface area contributed by atoms with Crippen LogP contribution in [0.2, 0.25) is 0 Å². The van der Waals surface area contributed by atoms with Gasteiger partial charge in [-0.1, -0.05) is 6.42 Å². The maximum absolute atomic E-state index is 11.0. The van der Waals surface area contributed by atoms with Crippen molar-refractivity contribution >= 4 is 11.6 Å². The minimum Gasteiger partial charge on any atom is -0.478 e. The number of nitrogens with zero attached hydrogens (tertiary/aromatic N) is 4. The number of rotatable bonds is 3. The van der Waals surface area contributed by atoms with Crippen LogP contribution in [0, 0.1) is 0 Å². The number of pyridine rings is 1. The number of carboxylic acids is 1. The minimum atomic E-state index is -0.941. The van der Waals surface area contributed by atoms with Crippen molar-refractivity contribution in [1.29, 1.82) is 0 Å². The summed E-state index contributed by atoms with van der Waals surface area (Å²) in [6.45, 7) is 5.45. The maximum atomic E-state index is 11.0. The lowest BCUT2D eigenvalue weighted by Crippen LogP contribution is -2.39. The molecule has 3 rings (SSSR count). The smallest absolute Gasteiger partial charge is 0.335 e. The Labute approximate surface area is 123 Å². The van der Waals surface area contributed by atoms with Crippen LogP contribution >= 0.6 is 0 Å². The van der Waals surface area contributed by atoms with E-state index >= 15 is 0 Å². The number of fused-ring (bicyclic) bond motifs is 1. The second kappa shape index (κ2) is 5.44.